The Hall–Kier alpha value is -0.390. The Morgan fingerprint density at radius 1 is 1.18 bits per heavy atom. The molecule has 1 aromatic heterocycles. The van der Waals surface area contributed by atoms with Gasteiger partial charge in [-0.2, -0.15) is 0 Å². The van der Waals surface area contributed by atoms with E-state index in [-0.39, 0.29) is 0 Å². The molecule has 0 unspecified atom stereocenters. The Kier molecular flexibility index (Phi) is 3.49. The molecule has 1 aromatic rings. The molecule has 94 valence electrons. The van der Waals surface area contributed by atoms with Crippen molar-refractivity contribution in [2.45, 2.75) is 32.4 Å². The van der Waals surface area contributed by atoms with Crippen LogP contribution in [0, 0.1) is 0 Å². The van der Waals surface area contributed by atoms with Gasteiger partial charge in [0, 0.05) is 19.6 Å². The topological polar surface area (TPSA) is 30.3 Å². The molecule has 1 fully saturated rings. The number of aromatic nitrogens is 2. The van der Waals surface area contributed by atoms with Gasteiger partial charge in [0.25, 0.3) is 0 Å². The highest BCUT2D eigenvalue weighted by molar-refractivity contribution is 9.10. The molecule has 0 aromatic carbocycles. The number of rotatable bonds is 2. The van der Waals surface area contributed by atoms with Gasteiger partial charge in [0.1, 0.15) is 10.4 Å². The van der Waals surface area contributed by atoms with Crippen LogP contribution >= 0.6 is 15.9 Å². The summed E-state index contributed by atoms with van der Waals surface area (Å²) in [4.78, 5) is 7.11. The van der Waals surface area contributed by atoms with Crippen LogP contribution in [0.15, 0.2) is 4.60 Å². The van der Waals surface area contributed by atoms with Crippen LogP contribution in [0.5, 0.6) is 0 Å². The summed E-state index contributed by atoms with van der Waals surface area (Å²) in [6.45, 7) is 5.86. The van der Waals surface area contributed by atoms with E-state index in [2.05, 4.69) is 30.4 Å². The van der Waals surface area contributed by atoms with E-state index >= 15 is 0 Å². The van der Waals surface area contributed by atoms with Crippen molar-refractivity contribution in [1.82, 2.24) is 14.5 Å². The highest BCUT2D eigenvalue weighted by Crippen LogP contribution is 2.25. The molecule has 0 bridgehead atoms. The molecule has 0 aliphatic carbocycles. The number of nitrogens with zero attached hydrogens (tertiary/aromatic N) is 3. The quantitative estimate of drug-likeness (QED) is 0.834. The third-order valence-electron chi connectivity index (χ3n) is 3.62. The van der Waals surface area contributed by atoms with Gasteiger partial charge in [0.2, 0.25) is 0 Å². The minimum absolute atomic E-state index is 0.856. The highest BCUT2D eigenvalue weighted by Gasteiger charge is 2.20. The first-order valence-electron chi connectivity index (χ1n) is 6.38. The van der Waals surface area contributed by atoms with Gasteiger partial charge in [-0.25, -0.2) is 4.98 Å². The van der Waals surface area contributed by atoms with Gasteiger partial charge in [-0.15, -0.1) is 0 Å². The van der Waals surface area contributed by atoms with Crippen LogP contribution in [0.1, 0.15) is 24.4 Å². The lowest BCUT2D eigenvalue weighted by Crippen LogP contribution is -2.36. The summed E-state index contributed by atoms with van der Waals surface area (Å²) in [7, 11) is 0. The highest BCUT2D eigenvalue weighted by atomic mass is 79.9. The fourth-order valence-electron chi connectivity index (χ4n) is 2.65. The monoisotopic (exact) mass is 299 g/mol. The average molecular weight is 300 g/mol. The van der Waals surface area contributed by atoms with Crippen LogP contribution in [0.4, 0.5) is 0 Å². The third kappa shape index (κ3) is 2.41. The summed E-state index contributed by atoms with van der Waals surface area (Å²) in [5, 5.41) is 0. The number of imidazole rings is 1. The molecule has 0 N–H and O–H groups in total. The Labute approximate surface area is 110 Å². The normalized spacial score (nSPS) is 21.5. The van der Waals surface area contributed by atoms with Crippen molar-refractivity contribution in [1.29, 1.82) is 0 Å². The molecule has 0 radical (unpaired) electrons. The first-order chi connectivity index (χ1) is 8.34. The molecule has 5 heteroatoms. The summed E-state index contributed by atoms with van der Waals surface area (Å²) in [6, 6.07) is 0. The first-order valence-corrected chi connectivity index (χ1v) is 7.18. The Morgan fingerprint density at radius 3 is 2.82 bits per heavy atom. The number of halogens is 1. The molecule has 0 atom stereocenters. The van der Waals surface area contributed by atoms with Gasteiger partial charge in [0.05, 0.1) is 25.5 Å². The van der Waals surface area contributed by atoms with Crippen LogP contribution in [0.3, 0.4) is 0 Å². The van der Waals surface area contributed by atoms with E-state index in [0.717, 1.165) is 50.4 Å². The van der Waals surface area contributed by atoms with Crippen LogP contribution in [-0.4, -0.2) is 40.8 Å². The van der Waals surface area contributed by atoms with Crippen molar-refractivity contribution in [2.75, 3.05) is 26.3 Å². The van der Waals surface area contributed by atoms with E-state index in [9.17, 15) is 0 Å². The fourth-order valence-corrected chi connectivity index (χ4v) is 3.27. The van der Waals surface area contributed by atoms with Gasteiger partial charge in [-0.05, 0) is 35.2 Å². The number of hydrogen-bond acceptors (Lipinski definition) is 3. The minimum atomic E-state index is 0.856. The summed E-state index contributed by atoms with van der Waals surface area (Å²) < 4.78 is 8.84. The molecule has 17 heavy (non-hydrogen) atoms. The summed E-state index contributed by atoms with van der Waals surface area (Å²) in [5.74, 6) is 1.22. The molecule has 4 nitrogen and oxygen atoms in total. The molecular formula is C12H18BrN3O. The second kappa shape index (κ2) is 5.08. The van der Waals surface area contributed by atoms with E-state index in [1.165, 1.54) is 24.4 Å². The van der Waals surface area contributed by atoms with E-state index in [0.29, 0.717) is 0 Å². The predicted octanol–water partition coefficient (Wildman–Crippen LogP) is 1.81. The lowest BCUT2D eigenvalue weighted by atomic mass is 10.1. The number of morpholine rings is 1. The minimum Gasteiger partial charge on any atom is -0.379 e. The number of hydrogen-bond donors (Lipinski definition) is 0. The maximum absolute atomic E-state index is 5.38. The number of fused-ring (bicyclic) bond motifs is 1. The van der Waals surface area contributed by atoms with Gasteiger partial charge in [0.15, 0.2) is 0 Å². The molecule has 0 saturated carbocycles. The standard InChI is InChI=1S/C12H18BrN3O/c13-12-10-3-1-2-4-16(10)11(14-12)9-15-5-7-17-8-6-15/h1-9H2. The summed E-state index contributed by atoms with van der Waals surface area (Å²) in [6.07, 6.45) is 3.74. The second-order valence-corrected chi connectivity index (χ2v) is 5.51. The van der Waals surface area contributed by atoms with Crippen LogP contribution in [-0.2, 0) is 24.2 Å². The molecule has 3 rings (SSSR count). The maximum Gasteiger partial charge on any atom is 0.127 e. The van der Waals surface area contributed by atoms with Crippen LogP contribution in [0.2, 0.25) is 0 Å². The summed E-state index contributed by atoms with van der Waals surface area (Å²) >= 11 is 3.59. The average Bonchev–Trinajstić information content (AvgIpc) is 2.69. The predicted molar refractivity (Wildman–Crippen MR) is 69.0 cm³/mol. The van der Waals surface area contributed by atoms with E-state index < -0.39 is 0 Å². The lowest BCUT2D eigenvalue weighted by molar-refractivity contribution is 0.0325. The smallest absolute Gasteiger partial charge is 0.127 e. The van der Waals surface area contributed by atoms with Gasteiger partial charge in [-0.3, -0.25) is 4.90 Å². The fraction of sp³-hybridized carbons (Fsp3) is 0.750. The van der Waals surface area contributed by atoms with E-state index in [1.54, 1.807) is 0 Å². The zero-order chi connectivity index (χ0) is 11.7. The molecular weight excluding hydrogens is 282 g/mol. The SMILES string of the molecule is Brc1nc(CN2CCOCC2)n2c1CCCC2. The van der Waals surface area contributed by atoms with Crippen LogP contribution in [0.25, 0.3) is 0 Å². The van der Waals surface area contributed by atoms with E-state index in [1.807, 2.05) is 0 Å². The lowest BCUT2D eigenvalue weighted by Gasteiger charge is -2.27. The van der Waals surface area contributed by atoms with Gasteiger partial charge >= 0.3 is 0 Å². The van der Waals surface area contributed by atoms with E-state index in [4.69, 9.17) is 4.74 Å². The second-order valence-electron chi connectivity index (χ2n) is 4.76. The first kappa shape index (κ1) is 11.7. The van der Waals surface area contributed by atoms with Crippen molar-refractivity contribution in [2.24, 2.45) is 0 Å². The molecule has 2 aliphatic heterocycles. The Bertz CT molecular complexity index is 399. The van der Waals surface area contributed by atoms with Gasteiger partial charge in [-0.1, -0.05) is 0 Å². The zero-order valence-corrected chi connectivity index (χ0v) is 11.6. The van der Waals surface area contributed by atoms with Crippen molar-refractivity contribution >= 4 is 15.9 Å². The number of ether oxygens (including phenoxy) is 1. The van der Waals surface area contributed by atoms with Crippen molar-refractivity contribution in [3.63, 3.8) is 0 Å². The molecule has 3 heterocycles. The van der Waals surface area contributed by atoms with Crippen LogP contribution < -0.4 is 0 Å². The van der Waals surface area contributed by atoms with Gasteiger partial charge < -0.3 is 9.30 Å². The molecule has 2 aliphatic rings. The largest absolute Gasteiger partial charge is 0.379 e. The molecule has 0 spiro atoms. The molecule has 1 saturated heterocycles. The van der Waals surface area contributed by atoms with Crippen molar-refractivity contribution < 1.29 is 4.74 Å². The molecule has 0 amide bonds. The van der Waals surface area contributed by atoms with Crippen molar-refractivity contribution in [3.8, 4) is 0 Å². The summed E-state index contributed by atoms with van der Waals surface area (Å²) in [5.41, 5.74) is 1.39. The third-order valence-corrected chi connectivity index (χ3v) is 4.25. The Morgan fingerprint density at radius 2 is 2.00 bits per heavy atom. The Balaban J connectivity index is 1.78. The maximum atomic E-state index is 5.38. The van der Waals surface area contributed by atoms with Crippen molar-refractivity contribution in [3.05, 3.63) is 16.1 Å². The zero-order valence-electron chi connectivity index (χ0n) is 9.99.